The highest BCUT2D eigenvalue weighted by molar-refractivity contribution is 7.99. The lowest BCUT2D eigenvalue weighted by molar-refractivity contribution is -0.138. The number of aliphatic carboxylic acids is 1. The average Bonchev–Trinajstić information content (AvgIpc) is 2.72. The third-order valence-corrected chi connectivity index (χ3v) is 4.05. The van der Waals surface area contributed by atoms with Crippen LogP contribution in [0, 0.1) is 6.92 Å². The van der Waals surface area contributed by atoms with Crippen LogP contribution in [0.15, 0.2) is 35.5 Å². The molecule has 1 unspecified atom stereocenters. The van der Waals surface area contributed by atoms with Crippen molar-refractivity contribution in [2.75, 3.05) is 5.75 Å². The highest BCUT2D eigenvalue weighted by Gasteiger charge is 2.21. The largest absolute Gasteiger partial charge is 0.481 e. The number of nitrogens with zero attached hydrogens (tertiary/aromatic N) is 3. The maximum Gasteiger partial charge on any atom is 0.311 e. The molecule has 1 aromatic heterocycles. The minimum atomic E-state index is -0.822. The van der Waals surface area contributed by atoms with Gasteiger partial charge in [-0.1, -0.05) is 42.1 Å². The number of rotatable bonds is 5. The van der Waals surface area contributed by atoms with Gasteiger partial charge in [0.05, 0.1) is 5.92 Å². The van der Waals surface area contributed by atoms with E-state index in [1.807, 2.05) is 48.9 Å². The van der Waals surface area contributed by atoms with Crippen LogP contribution in [0.2, 0.25) is 0 Å². The van der Waals surface area contributed by atoms with E-state index in [1.54, 1.807) is 0 Å². The van der Waals surface area contributed by atoms with Gasteiger partial charge in [-0.05, 0) is 12.5 Å². The molecule has 100 valence electrons. The normalized spacial score (nSPS) is 12.3. The van der Waals surface area contributed by atoms with E-state index in [-0.39, 0.29) is 0 Å². The van der Waals surface area contributed by atoms with Crippen molar-refractivity contribution in [3.63, 3.8) is 0 Å². The van der Waals surface area contributed by atoms with Crippen LogP contribution in [0.4, 0.5) is 0 Å². The molecular formula is C13H15N3O2S. The number of hydrogen-bond donors (Lipinski definition) is 1. The Balaban J connectivity index is 2.11. The predicted molar refractivity (Wildman–Crippen MR) is 73.3 cm³/mol. The van der Waals surface area contributed by atoms with E-state index in [9.17, 15) is 9.90 Å². The number of benzene rings is 1. The first-order chi connectivity index (χ1) is 9.09. The summed E-state index contributed by atoms with van der Waals surface area (Å²) in [7, 11) is 1.87. The number of carboxylic acids is 1. The second-order valence-corrected chi connectivity index (χ2v) is 5.19. The predicted octanol–water partition coefficient (Wildman–Crippen LogP) is 2.08. The van der Waals surface area contributed by atoms with Crippen molar-refractivity contribution in [2.45, 2.75) is 18.0 Å². The first kappa shape index (κ1) is 13.6. The van der Waals surface area contributed by atoms with Crippen LogP contribution in [0.5, 0.6) is 0 Å². The van der Waals surface area contributed by atoms with Gasteiger partial charge in [-0.25, -0.2) is 0 Å². The monoisotopic (exact) mass is 277 g/mol. The summed E-state index contributed by atoms with van der Waals surface area (Å²) in [5.41, 5.74) is 0.807. The highest BCUT2D eigenvalue weighted by Crippen LogP contribution is 2.25. The molecule has 6 heteroatoms. The average molecular weight is 277 g/mol. The molecule has 0 bridgehead atoms. The first-order valence-electron chi connectivity index (χ1n) is 5.86. The molecule has 0 amide bonds. The molecule has 19 heavy (non-hydrogen) atoms. The van der Waals surface area contributed by atoms with Gasteiger partial charge in [0.2, 0.25) is 0 Å². The molecular weight excluding hydrogens is 262 g/mol. The minimum absolute atomic E-state index is 0.436. The van der Waals surface area contributed by atoms with E-state index in [4.69, 9.17) is 0 Å². The van der Waals surface area contributed by atoms with Gasteiger partial charge in [-0.2, -0.15) is 0 Å². The lowest BCUT2D eigenvalue weighted by Gasteiger charge is -2.11. The Bertz CT molecular complexity index is 569. The van der Waals surface area contributed by atoms with Gasteiger partial charge in [0.15, 0.2) is 5.16 Å². The third kappa shape index (κ3) is 3.14. The fourth-order valence-electron chi connectivity index (χ4n) is 1.67. The van der Waals surface area contributed by atoms with Crippen molar-refractivity contribution in [2.24, 2.45) is 7.05 Å². The van der Waals surface area contributed by atoms with Gasteiger partial charge in [0.25, 0.3) is 0 Å². The topological polar surface area (TPSA) is 68.0 Å². The highest BCUT2D eigenvalue weighted by atomic mass is 32.2. The van der Waals surface area contributed by atoms with Crippen LogP contribution < -0.4 is 0 Å². The van der Waals surface area contributed by atoms with Crippen molar-refractivity contribution in [1.29, 1.82) is 0 Å². The van der Waals surface area contributed by atoms with Gasteiger partial charge in [0.1, 0.15) is 5.82 Å². The van der Waals surface area contributed by atoms with Crippen LogP contribution in [-0.2, 0) is 11.8 Å². The van der Waals surface area contributed by atoms with Gasteiger partial charge in [-0.3, -0.25) is 4.79 Å². The molecule has 5 nitrogen and oxygen atoms in total. The quantitative estimate of drug-likeness (QED) is 0.847. The molecule has 0 spiro atoms. The maximum atomic E-state index is 11.4. The fraction of sp³-hybridized carbons (Fsp3) is 0.308. The van der Waals surface area contributed by atoms with Crippen molar-refractivity contribution >= 4 is 17.7 Å². The third-order valence-electron chi connectivity index (χ3n) is 2.93. The number of thioether (sulfide) groups is 1. The summed E-state index contributed by atoms with van der Waals surface area (Å²) in [6.07, 6.45) is 0. The van der Waals surface area contributed by atoms with Crippen molar-refractivity contribution in [1.82, 2.24) is 14.8 Å². The lowest BCUT2D eigenvalue weighted by atomic mass is 10.0. The molecule has 1 heterocycles. The summed E-state index contributed by atoms with van der Waals surface area (Å²) in [6.45, 7) is 1.86. The number of aromatic nitrogens is 3. The minimum Gasteiger partial charge on any atom is -0.481 e. The Morgan fingerprint density at radius 3 is 2.58 bits per heavy atom. The molecule has 0 aliphatic heterocycles. The Labute approximate surface area is 115 Å². The Morgan fingerprint density at radius 2 is 2.05 bits per heavy atom. The summed E-state index contributed by atoms with van der Waals surface area (Å²) in [5.74, 6) is -0.111. The molecule has 1 N–H and O–H groups in total. The first-order valence-corrected chi connectivity index (χ1v) is 6.84. The smallest absolute Gasteiger partial charge is 0.311 e. The van der Waals surface area contributed by atoms with E-state index < -0.39 is 11.9 Å². The van der Waals surface area contributed by atoms with E-state index in [0.717, 1.165) is 16.5 Å². The Hall–Kier alpha value is -1.82. The standard InChI is InChI=1S/C13H15N3O2S/c1-9-14-15-13(16(9)2)19-8-11(12(17)18)10-6-4-3-5-7-10/h3-7,11H,8H2,1-2H3,(H,17,18). The van der Waals surface area contributed by atoms with Gasteiger partial charge in [0, 0.05) is 12.8 Å². The van der Waals surface area contributed by atoms with Crippen LogP contribution in [0.1, 0.15) is 17.3 Å². The van der Waals surface area contributed by atoms with Crippen LogP contribution in [0.25, 0.3) is 0 Å². The molecule has 1 aromatic carbocycles. The van der Waals surface area contributed by atoms with Crippen molar-refractivity contribution in [3.05, 3.63) is 41.7 Å². The summed E-state index contributed by atoms with van der Waals surface area (Å²) in [6, 6.07) is 9.24. The number of aryl methyl sites for hydroxylation is 1. The number of carboxylic acid groups (broad SMARTS) is 1. The number of carbonyl (C=O) groups is 1. The van der Waals surface area contributed by atoms with E-state index in [2.05, 4.69) is 10.2 Å². The molecule has 0 aliphatic rings. The molecule has 0 saturated carbocycles. The Kier molecular flexibility index (Phi) is 4.21. The molecule has 0 radical (unpaired) electrons. The maximum absolute atomic E-state index is 11.4. The summed E-state index contributed by atoms with van der Waals surface area (Å²) >= 11 is 1.41. The van der Waals surface area contributed by atoms with Crippen LogP contribution >= 0.6 is 11.8 Å². The molecule has 2 aromatic rings. The summed E-state index contributed by atoms with van der Waals surface area (Å²) < 4.78 is 1.86. The molecule has 0 aliphatic carbocycles. The van der Waals surface area contributed by atoms with Crippen molar-refractivity contribution < 1.29 is 9.90 Å². The zero-order valence-corrected chi connectivity index (χ0v) is 11.6. The fourth-order valence-corrected chi connectivity index (χ4v) is 2.74. The molecule has 0 saturated heterocycles. The van der Waals surface area contributed by atoms with E-state index in [0.29, 0.717) is 5.75 Å². The zero-order chi connectivity index (χ0) is 13.8. The van der Waals surface area contributed by atoms with Crippen molar-refractivity contribution in [3.8, 4) is 0 Å². The molecule has 0 fully saturated rings. The van der Waals surface area contributed by atoms with Gasteiger partial charge >= 0.3 is 5.97 Å². The summed E-state index contributed by atoms with van der Waals surface area (Å²) in [5, 5.41) is 18.0. The number of hydrogen-bond acceptors (Lipinski definition) is 4. The van der Waals surface area contributed by atoms with Gasteiger partial charge < -0.3 is 9.67 Å². The zero-order valence-electron chi connectivity index (χ0n) is 10.8. The second kappa shape index (κ2) is 5.88. The summed E-state index contributed by atoms with van der Waals surface area (Å²) in [4.78, 5) is 11.4. The second-order valence-electron chi connectivity index (χ2n) is 4.20. The van der Waals surface area contributed by atoms with Crippen LogP contribution in [-0.4, -0.2) is 31.6 Å². The van der Waals surface area contributed by atoms with Gasteiger partial charge in [-0.15, -0.1) is 10.2 Å². The Morgan fingerprint density at radius 1 is 1.37 bits per heavy atom. The van der Waals surface area contributed by atoms with E-state index in [1.165, 1.54) is 11.8 Å². The van der Waals surface area contributed by atoms with E-state index >= 15 is 0 Å². The lowest BCUT2D eigenvalue weighted by Crippen LogP contribution is -2.14. The SMILES string of the molecule is Cc1nnc(SCC(C(=O)O)c2ccccc2)n1C. The molecule has 2 rings (SSSR count). The molecule has 1 atom stereocenters. The van der Waals surface area contributed by atoms with Crippen LogP contribution in [0.3, 0.4) is 0 Å².